The molecule has 0 radical (unpaired) electrons. The monoisotopic (exact) mass is 265 g/mol. The van der Waals surface area contributed by atoms with Crippen molar-refractivity contribution in [2.24, 2.45) is 5.92 Å². The summed E-state index contributed by atoms with van der Waals surface area (Å²) in [5.41, 5.74) is 1.17. The minimum atomic E-state index is -0.358. The van der Waals surface area contributed by atoms with E-state index in [0.29, 0.717) is 18.0 Å². The van der Waals surface area contributed by atoms with E-state index >= 15 is 0 Å². The average molecular weight is 265 g/mol. The van der Waals surface area contributed by atoms with Gasteiger partial charge in [0.25, 0.3) is 5.91 Å². The van der Waals surface area contributed by atoms with Gasteiger partial charge in [0, 0.05) is 12.1 Å². The number of nitrogens with one attached hydrogen (secondary N) is 1. The number of hydrogen-bond donors (Lipinski definition) is 1. The molecular formula is C16H24FNO. The van der Waals surface area contributed by atoms with Gasteiger partial charge in [-0.25, -0.2) is 4.39 Å². The van der Waals surface area contributed by atoms with Crippen LogP contribution in [0.2, 0.25) is 0 Å². The Morgan fingerprint density at radius 3 is 2.37 bits per heavy atom. The second kappa shape index (κ2) is 7.93. The van der Waals surface area contributed by atoms with Crippen LogP contribution < -0.4 is 5.32 Å². The van der Waals surface area contributed by atoms with Crippen molar-refractivity contribution in [1.82, 2.24) is 5.32 Å². The second-order valence-electron chi connectivity index (χ2n) is 5.17. The molecule has 0 atom stereocenters. The van der Waals surface area contributed by atoms with E-state index in [2.05, 4.69) is 19.2 Å². The molecule has 1 aromatic rings. The Labute approximate surface area is 115 Å². The van der Waals surface area contributed by atoms with Crippen LogP contribution in [0.3, 0.4) is 0 Å². The highest BCUT2D eigenvalue weighted by molar-refractivity contribution is 5.94. The Hall–Kier alpha value is -1.38. The second-order valence-corrected chi connectivity index (χ2v) is 5.17. The molecule has 2 nitrogen and oxygen atoms in total. The van der Waals surface area contributed by atoms with Crippen molar-refractivity contribution in [2.75, 3.05) is 6.54 Å². The molecule has 3 heteroatoms. The fourth-order valence-corrected chi connectivity index (χ4v) is 2.37. The Balaban J connectivity index is 2.58. The van der Waals surface area contributed by atoms with Crippen molar-refractivity contribution in [3.05, 3.63) is 35.1 Å². The molecule has 0 aliphatic carbocycles. The van der Waals surface area contributed by atoms with Crippen LogP contribution in [0.25, 0.3) is 0 Å². The molecule has 0 bridgehead atoms. The van der Waals surface area contributed by atoms with Gasteiger partial charge in [-0.3, -0.25) is 4.79 Å². The molecule has 0 unspecified atom stereocenters. The number of halogens is 1. The zero-order chi connectivity index (χ0) is 14.3. The summed E-state index contributed by atoms with van der Waals surface area (Å²) in [6.45, 7) is 6.77. The summed E-state index contributed by atoms with van der Waals surface area (Å²) in [6, 6.07) is 4.43. The first kappa shape index (κ1) is 15.7. The first-order valence-corrected chi connectivity index (χ1v) is 7.12. The van der Waals surface area contributed by atoms with Gasteiger partial charge in [-0.1, -0.05) is 26.7 Å². The average Bonchev–Trinajstić information content (AvgIpc) is 2.35. The largest absolute Gasteiger partial charge is 0.352 e. The molecule has 0 saturated carbocycles. The minimum Gasteiger partial charge on any atom is -0.352 e. The summed E-state index contributed by atoms with van der Waals surface area (Å²) in [6.07, 6.45) is 4.49. The van der Waals surface area contributed by atoms with Crippen molar-refractivity contribution >= 4 is 5.91 Å². The quantitative estimate of drug-likeness (QED) is 0.790. The van der Waals surface area contributed by atoms with Gasteiger partial charge >= 0.3 is 0 Å². The van der Waals surface area contributed by atoms with Crippen LogP contribution in [0.15, 0.2) is 18.2 Å². The molecular weight excluding hydrogens is 241 g/mol. The number of carbonyl (C=O) groups is 1. The Morgan fingerprint density at radius 2 is 1.84 bits per heavy atom. The van der Waals surface area contributed by atoms with E-state index in [4.69, 9.17) is 0 Å². The van der Waals surface area contributed by atoms with Crippen molar-refractivity contribution in [3.8, 4) is 0 Å². The van der Waals surface area contributed by atoms with Gasteiger partial charge < -0.3 is 5.32 Å². The lowest BCUT2D eigenvalue weighted by Crippen LogP contribution is -2.29. The summed E-state index contributed by atoms with van der Waals surface area (Å²) < 4.78 is 13.2. The summed E-state index contributed by atoms with van der Waals surface area (Å²) >= 11 is 0. The van der Waals surface area contributed by atoms with E-state index in [1.807, 2.05) is 0 Å². The first-order valence-electron chi connectivity index (χ1n) is 7.12. The molecule has 0 spiro atoms. The lowest BCUT2D eigenvalue weighted by molar-refractivity contribution is 0.0945. The van der Waals surface area contributed by atoms with Crippen LogP contribution in [0.1, 0.15) is 55.5 Å². The van der Waals surface area contributed by atoms with E-state index in [0.717, 1.165) is 31.2 Å². The van der Waals surface area contributed by atoms with Crippen LogP contribution in [0.5, 0.6) is 0 Å². The Bertz CT molecular complexity index is 391. The predicted molar refractivity (Wildman–Crippen MR) is 76.8 cm³/mol. The fourth-order valence-electron chi connectivity index (χ4n) is 2.37. The van der Waals surface area contributed by atoms with Crippen molar-refractivity contribution < 1.29 is 9.18 Å². The Kier molecular flexibility index (Phi) is 6.54. The molecule has 0 heterocycles. The molecule has 0 aliphatic heterocycles. The maximum absolute atomic E-state index is 13.2. The Morgan fingerprint density at radius 1 is 1.21 bits per heavy atom. The van der Waals surface area contributed by atoms with Crippen molar-refractivity contribution in [3.63, 3.8) is 0 Å². The highest BCUT2D eigenvalue weighted by Gasteiger charge is 2.11. The standard InChI is InChI=1S/C16H24FNO/c1-4-6-13(7-5-2)11-18-16(19)14-8-12(3)9-15(17)10-14/h8-10,13H,4-7,11H2,1-3H3,(H,18,19). The van der Waals surface area contributed by atoms with Crippen LogP contribution in [-0.2, 0) is 0 Å². The van der Waals surface area contributed by atoms with Gasteiger partial charge in [0.2, 0.25) is 0 Å². The van der Waals surface area contributed by atoms with Crippen LogP contribution in [0.4, 0.5) is 4.39 Å². The lowest BCUT2D eigenvalue weighted by Gasteiger charge is -2.16. The summed E-state index contributed by atoms with van der Waals surface area (Å²) in [7, 11) is 0. The maximum atomic E-state index is 13.2. The molecule has 106 valence electrons. The third-order valence-corrected chi connectivity index (χ3v) is 3.25. The molecule has 19 heavy (non-hydrogen) atoms. The normalized spacial score (nSPS) is 10.8. The molecule has 1 N–H and O–H groups in total. The molecule has 0 aliphatic rings. The third-order valence-electron chi connectivity index (χ3n) is 3.25. The topological polar surface area (TPSA) is 29.1 Å². The first-order chi connectivity index (χ1) is 9.06. The minimum absolute atomic E-state index is 0.181. The van der Waals surface area contributed by atoms with E-state index in [9.17, 15) is 9.18 Å². The van der Waals surface area contributed by atoms with Gasteiger partial charge in [-0.2, -0.15) is 0 Å². The zero-order valence-electron chi connectivity index (χ0n) is 12.1. The van der Waals surface area contributed by atoms with E-state index in [1.165, 1.54) is 12.1 Å². The summed E-state index contributed by atoms with van der Waals surface area (Å²) in [4.78, 5) is 12.0. The van der Waals surface area contributed by atoms with Crippen LogP contribution in [-0.4, -0.2) is 12.5 Å². The highest BCUT2D eigenvalue weighted by atomic mass is 19.1. The molecule has 0 fully saturated rings. The van der Waals surface area contributed by atoms with Crippen molar-refractivity contribution in [2.45, 2.75) is 46.5 Å². The predicted octanol–water partition coefficient (Wildman–Crippen LogP) is 4.08. The maximum Gasteiger partial charge on any atom is 0.251 e. The number of amides is 1. The molecule has 0 saturated heterocycles. The zero-order valence-corrected chi connectivity index (χ0v) is 12.1. The third kappa shape index (κ3) is 5.41. The number of benzene rings is 1. The fraction of sp³-hybridized carbons (Fsp3) is 0.562. The molecule has 1 amide bonds. The lowest BCUT2D eigenvalue weighted by atomic mass is 9.98. The van der Waals surface area contributed by atoms with Crippen molar-refractivity contribution in [1.29, 1.82) is 0 Å². The van der Waals surface area contributed by atoms with E-state index in [1.54, 1.807) is 13.0 Å². The van der Waals surface area contributed by atoms with Gasteiger partial charge in [-0.15, -0.1) is 0 Å². The van der Waals surface area contributed by atoms with E-state index < -0.39 is 0 Å². The SMILES string of the molecule is CCCC(CCC)CNC(=O)c1cc(C)cc(F)c1. The van der Waals surface area contributed by atoms with E-state index in [-0.39, 0.29) is 11.7 Å². The molecule has 0 aromatic heterocycles. The van der Waals surface area contributed by atoms with Crippen LogP contribution in [0, 0.1) is 18.7 Å². The number of carbonyl (C=O) groups excluding carboxylic acids is 1. The highest BCUT2D eigenvalue weighted by Crippen LogP contribution is 2.13. The molecule has 1 rings (SSSR count). The summed E-state index contributed by atoms with van der Waals surface area (Å²) in [5.74, 6) is -0.0165. The van der Waals surface area contributed by atoms with Gasteiger partial charge in [0.15, 0.2) is 0 Å². The number of aryl methyl sites for hydroxylation is 1. The smallest absolute Gasteiger partial charge is 0.251 e. The summed E-state index contributed by atoms with van der Waals surface area (Å²) in [5, 5.41) is 2.92. The van der Waals surface area contributed by atoms with Gasteiger partial charge in [0.05, 0.1) is 0 Å². The van der Waals surface area contributed by atoms with Gasteiger partial charge in [-0.05, 0) is 49.4 Å². The number of rotatable bonds is 7. The van der Waals surface area contributed by atoms with Crippen LogP contribution >= 0.6 is 0 Å². The number of hydrogen-bond acceptors (Lipinski definition) is 1. The van der Waals surface area contributed by atoms with Gasteiger partial charge in [0.1, 0.15) is 5.82 Å². The molecule has 1 aromatic carbocycles.